The van der Waals surface area contributed by atoms with Crippen LogP contribution < -0.4 is 4.90 Å². The molecule has 4 rings (SSSR count). The Bertz CT molecular complexity index is 1120. The third-order valence-corrected chi connectivity index (χ3v) is 6.20. The SMILES string of the molecule is CC(C)SN1CCN(c2nc(-c3ccc(F)cc3)c(-c3ccc(F)cc3)nc2C#N)CC1. The van der Waals surface area contributed by atoms with Gasteiger partial charge in [-0.15, -0.1) is 0 Å². The van der Waals surface area contributed by atoms with Crippen LogP contribution in [0.3, 0.4) is 0 Å². The van der Waals surface area contributed by atoms with Crippen molar-refractivity contribution in [2.45, 2.75) is 19.1 Å². The largest absolute Gasteiger partial charge is 0.352 e. The van der Waals surface area contributed by atoms with Crippen LogP contribution in [0.25, 0.3) is 22.5 Å². The first kappa shape index (κ1) is 22.2. The van der Waals surface area contributed by atoms with Gasteiger partial charge in [0.05, 0.1) is 11.4 Å². The first-order valence-electron chi connectivity index (χ1n) is 10.5. The van der Waals surface area contributed by atoms with Crippen molar-refractivity contribution in [3.8, 4) is 28.6 Å². The van der Waals surface area contributed by atoms with Crippen LogP contribution in [0.5, 0.6) is 0 Å². The summed E-state index contributed by atoms with van der Waals surface area (Å²) in [7, 11) is 0. The van der Waals surface area contributed by atoms with Crippen molar-refractivity contribution in [2.24, 2.45) is 0 Å². The van der Waals surface area contributed by atoms with Crippen molar-refractivity contribution in [3.05, 3.63) is 65.9 Å². The Labute approximate surface area is 190 Å². The van der Waals surface area contributed by atoms with Crippen LogP contribution in [-0.4, -0.2) is 45.7 Å². The van der Waals surface area contributed by atoms with Crippen LogP contribution in [0.4, 0.5) is 14.6 Å². The molecule has 0 aliphatic carbocycles. The molecule has 5 nitrogen and oxygen atoms in total. The van der Waals surface area contributed by atoms with Crippen molar-refractivity contribution in [2.75, 3.05) is 31.1 Å². The number of aromatic nitrogens is 2. The average Bonchev–Trinajstić information content (AvgIpc) is 2.79. The van der Waals surface area contributed by atoms with Crippen LogP contribution in [0, 0.1) is 23.0 Å². The van der Waals surface area contributed by atoms with Crippen LogP contribution in [0.1, 0.15) is 19.5 Å². The van der Waals surface area contributed by atoms with Gasteiger partial charge in [-0.1, -0.05) is 25.8 Å². The van der Waals surface area contributed by atoms with Crippen LogP contribution >= 0.6 is 11.9 Å². The first-order chi connectivity index (χ1) is 15.4. The zero-order valence-electron chi connectivity index (χ0n) is 17.9. The lowest BCUT2D eigenvalue weighted by Crippen LogP contribution is -2.44. The maximum absolute atomic E-state index is 13.6. The number of hydrogen-bond acceptors (Lipinski definition) is 6. The van der Waals surface area contributed by atoms with Gasteiger partial charge in [-0.25, -0.2) is 23.1 Å². The molecule has 1 aromatic heterocycles. The molecule has 164 valence electrons. The summed E-state index contributed by atoms with van der Waals surface area (Å²) in [5, 5.41) is 10.3. The van der Waals surface area contributed by atoms with Crippen LogP contribution in [-0.2, 0) is 0 Å². The van der Waals surface area contributed by atoms with Crippen molar-refractivity contribution >= 4 is 17.8 Å². The number of benzene rings is 2. The maximum Gasteiger partial charge on any atom is 0.183 e. The van der Waals surface area contributed by atoms with Crippen molar-refractivity contribution in [1.29, 1.82) is 5.26 Å². The molecule has 1 fully saturated rings. The lowest BCUT2D eigenvalue weighted by molar-refractivity contribution is 0.426. The summed E-state index contributed by atoms with van der Waals surface area (Å²) in [5.74, 6) is -0.191. The molecule has 1 saturated heterocycles. The zero-order chi connectivity index (χ0) is 22.7. The van der Waals surface area contributed by atoms with E-state index < -0.39 is 0 Å². The molecule has 0 amide bonds. The number of nitriles is 1. The van der Waals surface area contributed by atoms with E-state index in [1.807, 2.05) is 11.9 Å². The Hall–Kier alpha value is -3.02. The van der Waals surface area contributed by atoms with Gasteiger partial charge in [0, 0.05) is 42.6 Å². The van der Waals surface area contributed by atoms with Crippen molar-refractivity contribution < 1.29 is 8.78 Å². The summed E-state index contributed by atoms with van der Waals surface area (Å²) in [5.41, 5.74) is 2.54. The van der Waals surface area contributed by atoms with Gasteiger partial charge in [0.2, 0.25) is 0 Å². The van der Waals surface area contributed by atoms with Gasteiger partial charge >= 0.3 is 0 Å². The quantitative estimate of drug-likeness (QED) is 0.501. The third kappa shape index (κ3) is 4.90. The minimum atomic E-state index is -0.362. The molecule has 0 bridgehead atoms. The number of piperazine rings is 1. The Balaban J connectivity index is 1.77. The van der Waals surface area contributed by atoms with Crippen LogP contribution in [0.15, 0.2) is 48.5 Å². The predicted octanol–water partition coefficient (Wildman–Crippen LogP) is 5.14. The summed E-state index contributed by atoms with van der Waals surface area (Å²) in [6.45, 7) is 7.48. The van der Waals surface area contributed by atoms with E-state index in [0.29, 0.717) is 33.6 Å². The summed E-state index contributed by atoms with van der Waals surface area (Å²) in [4.78, 5) is 11.6. The third-order valence-electron chi connectivity index (χ3n) is 5.12. The Morgan fingerprint density at radius 3 is 1.81 bits per heavy atom. The number of hydrogen-bond donors (Lipinski definition) is 0. The molecular formula is C24H23F2N5S. The van der Waals surface area contributed by atoms with E-state index in [1.54, 1.807) is 24.3 Å². The second-order valence-corrected chi connectivity index (χ2v) is 9.46. The molecule has 32 heavy (non-hydrogen) atoms. The van der Waals surface area contributed by atoms with Gasteiger partial charge in [-0.2, -0.15) is 5.26 Å². The Morgan fingerprint density at radius 2 is 1.34 bits per heavy atom. The highest BCUT2D eigenvalue weighted by molar-refractivity contribution is 7.97. The topological polar surface area (TPSA) is 56.1 Å². The average molecular weight is 452 g/mol. The standard InChI is InChI=1S/C24H23F2N5S/c1-16(2)32-31-13-11-30(12-14-31)24-21(15-27)28-22(17-3-7-19(25)8-4-17)23(29-24)18-5-9-20(26)10-6-18/h3-10,16H,11-14H2,1-2H3. The Kier molecular flexibility index (Phi) is 6.68. The molecule has 0 unspecified atom stereocenters. The van der Waals surface area contributed by atoms with Gasteiger partial charge in [0.15, 0.2) is 11.5 Å². The smallest absolute Gasteiger partial charge is 0.183 e. The summed E-state index contributed by atoms with van der Waals surface area (Å²) in [6.07, 6.45) is 0. The van der Waals surface area contributed by atoms with Gasteiger partial charge in [-0.05, 0) is 48.5 Å². The van der Waals surface area contributed by atoms with Gasteiger partial charge in [-0.3, -0.25) is 0 Å². The maximum atomic E-state index is 13.6. The lowest BCUT2D eigenvalue weighted by atomic mass is 10.0. The fourth-order valence-electron chi connectivity index (χ4n) is 3.64. The van der Waals surface area contributed by atoms with Gasteiger partial charge in [0.25, 0.3) is 0 Å². The van der Waals surface area contributed by atoms with E-state index >= 15 is 0 Å². The van der Waals surface area contributed by atoms with E-state index in [2.05, 4.69) is 34.1 Å². The summed E-state index contributed by atoms with van der Waals surface area (Å²) < 4.78 is 29.4. The fourth-order valence-corrected chi connectivity index (χ4v) is 4.61. The fraction of sp³-hybridized carbons (Fsp3) is 0.292. The lowest BCUT2D eigenvalue weighted by Gasteiger charge is -2.35. The van der Waals surface area contributed by atoms with Gasteiger partial charge < -0.3 is 4.90 Å². The molecule has 2 heterocycles. The molecule has 0 N–H and O–H groups in total. The molecule has 1 aliphatic heterocycles. The molecular weight excluding hydrogens is 428 g/mol. The second kappa shape index (κ2) is 9.63. The molecule has 0 atom stereocenters. The predicted molar refractivity (Wildman–Crippen MR) is 124 cm³/mol. The molecule has 2 aromatic carbocycles. The van der Waals surface area contributed by atoms with E-state index in [0.717, 1.165) is 26.2 Å². The highest BCUT2D eigenvalue weighted by Gasteiger charge is 2.25. The number of halogens is 2. The summed E-state index contributed by atoms with van der Waals surface area (Å²) in [6, 6.07) is 14.1. The van der Waals surface area contributed by atoms with Gasteiger partial charge in [0.1, 0.15) is 17.7 Å². The summed E-state index contributed by atoms with van der Waals surface area (Å²) >= 11 is 1.82. The van der Waals surface area contributed by atoms with E-state index in [4.69, 9.17) is 4.98 Å². The monoisotopic (exact) mass is 451 g/mol. The zero-order valence-corrected chi connectivity index (χ0v) is 18.7. The molecule has 1 aliphatic rings. The number of rotatable bonds is 5. The molecule has 0 spiro atoms. The minimum absolute atomic E-state index is 0.222. The van der Waals surface area contributed by atoms with E-state index in [1.165, 1.54) is 24.3 Å². The van der Waals surface area contributed by atoms with E-state index in [9.17, 15) is 14.0 Å². The number of nitrogens with zero attached hydrogens (tertiary/aromatic N) is 5. The second-order valence-electron chi connectivity index (χ2n) is 7.79. The highest BCUT2D eigenvalue weighted by atomic mass is 32.2. The normalized spacial score (nSPS) is 14.6. The van der Waals surface area contributed by atoms with Crippen molar-refractivity contribution in [1.82, 2.24) is 14.3 Å². The molecule has 0 saturated carbocycles. The van der Waals surface area contributed by atoms with E-state index in [-0.39, 0.29) is 17.3 Å². The molecule has 8 heteroatoms. The first-order valence-corrected chi connectivity index (χ1v) is 11.3. The molecule has 3 aromatic rings. The number of anilines is 1. The Morgan fingerprint density at radius 1 is 0.844 bits per heavy atom. The van der Waals surface area contributed by atoms with Crippen molar-refractivity contribution in [3.63, 3.8) is 0 Å². The van der Waals surface area contributed by atoms with Crippen LogP contribution in [0.2, 0.25) is 0 Å². The minimum Gasteiger partial charge on any atom is -0.352 e. The molecule has 0 radical (unpaired) electrons. The highest BCUT2D eigenvalue weighted by Crippen LogP contribution is 2.33.